The van der Waals surface area contributed by atoms with Gasteiger partial charge >= 0.3 is 11.9 Å². The monoisotopic (exact) mass is 192 g/mol. The molecule has 0 fully saturated rings. The molecule has 0 saturated heterocycles. The van der Waals surface area contributed by atoms with Gasteiger partial charge in [-0.25, -0.2) is 0 Å². The van der Waals surface area contributed by atoms with Crippen LogP contribution in [0.4, 0.5) is 0 Å². The van der Waals surface area contributed by atoms with E-state index < -0.39 is 18.0 Å². The first kappa shape index (κ1) is 14.4. The van der Waals surface area contributed by atoms with Crippen LogP contribution in [0.5, 0.6) is 0 Å². The van der Waals surface area contributed by atoms with Gasteiger partial charge in [0, 0.05) is 6.42 Å². The van der Waals surface area contributed by atoms with Crippen molar-refractivity contribution >= 4 is 11.9 Å². The zero-order valence-electron chi connectivity index (χ0n) is 7.78. The van der Waals surface area contributed by atoms with E-state index in [9.17, 15) is 9.59 Å². The molecule has 0 aliphatic carbocycles. The molecule has 0 aliphatic heterocycles. The lowest BCUT2D eigenvalue weighted by Crippen LogP contribution is -2.30. The van der Waals surface area contributed by atoms with E-state index in [0.717, 1.165) is 0 Å². The van der Waals surface area contributed by atoms with Gasteiger partial charge in [0.25, 0.3) is 0 Å². The molecular weight excluding hydrogens is 176 g/mol. The molecule has 13 heavy (non-hydrogen) atoms. The first-order chi connectivity index (χ1) is 5.95. The van der Waals surface area contributed by atoms with E-state index in [1.54, 1.807) is 0 Å². The highest BCUT2D eigenvalue weighted by Crippen LogP contribution is 1.93. The Hall–Kier alpha value is -1.14. The summed E-state index contributed by atoms with van der Waals surface area (Å²) in [5.41, 5.74) is 5.00. The van der Waals surface area contributed by atoms with Crippen LogP contribution in [0.1, 0.15) is 12.8 Å². The Morgan fingerprint density at radius 1 is 1.38 bits per heavy atom. The Kier molecular flexibility index (Phi) is 9.91. The van der Waals surface area contributed by atoms with E-state index in [1.807, 2.05) is 14.1 Å². The highest BCUT2D eigenvalue weighted by Gasteiger charge is 2.12. The molecule has 0 aromatic heterocycles. The van der Waals surface area contributed by atoms with Crippen LogP contribution in [-0.4, -0.2) is 42.3 Å². The van der Waals surface area contributed by atoms with Gasteiger partial charge in [0.15, 0.2) is 0 Å². The van der Waals surface area contributed by atoms with E-state index in [1.165, 1.54) is 0 Å². The molecule has 0 rings (SSSR count). The lowest BCUT2D eigenvalue weighted by atomic mass is 10.2. The first-order valence-corrected chi connectivity index (χ1v) is 3.74. The number of hydrogen-bond donors (Lipinski definition) is 4. The van der Waals surface area contributed by atoms with Gasteiger partial charge in [-0.1, -0.05) is 0 Å². The Labute approximate surface area is 76.7 Å². The summed E-state index contributed by atoms with van der Waals surface area (Å²) in [5.74, 6) is -2.20. The third kappa shape index (κ3) is 13.8. The van der Waals surface area contributed by atoms with Gasteiger partial charge in [-0.05, 0) is 20.5 Å². The molecule has 0 aromatic carbocycles. The molecule has 78 valence electrons. The second-order valence-corrected chi connectivity index (χ2v) is 2.38. The van der Waals surface area contributed by atoms with Crippen LogP contribution < -0.4 is 11.1 Å². The van der Waals surface area contributed by atoms with Gasteiger partial charge in [0.1, 0.15) is 6.04 Å². The van der Waals surface area contributed by atoms with Gasteiger partial charge in [-0.15, -0.1) is 0 Å². The number of aliphatic carboxylic acids is 2. The molecule has 0 heterocycles. The van der Waals surface area contributed by atoms with Crippen molar-refractivity contribution in [2.24, 2.45) is 5.73 Å². The van der Waals surface area contributed by atoms with Crippen LogP contribution in [0.2, 0.25) is 0 Å². The summed E-state index contributed by atoms with van der Waals surface area (Å²) in [6, 6.07) is -1.06. The third-order valence-electron chi connectivity index (χ3n) is 0.986. The summed E-state index contributed by atoms with van der Waals surface area (Å²) in [6.07, 6.45) is -0.224. The molecule has 0 unspecified atom stereocenters. The number of nitrogens with one attached hydrogen (secondary N) is 1. The number of hydrogen-bond acceptors (Lipinski definition) is 4. The minimum absolute atomic E-state index is 0.0231. The van der Waals surface area contributed by atoms with Crippen molar-refractivity contribution in [3.05, 3.63) is 0 Å². The lowest BCUT2D eigenvalue weighted by Gasteiger charge is -2.01. The maximum atomic E-state index is 9.99. The fourth-order valence-electron chi connectivity index (χ4n) is 0.402. The standard InChI is InChI=1S/C5H9NO4.C2H7N/c6-3(5(9)10)1-2-4(7)8;1-3-2/h3H,1-2,6H2,(H,7,8)(H,9,10);3H,1-2H3/t3-;/m0./s1. The van der Waals surface area contributed by atoms with E-state index in [2.05, 4.69) is 5.32 Å². The molecule has 0 radical (unpaired) electrons. The normalized spacial score (nSPS) is 11.0. The average Bonchev–Trinajstić information content (AvgIpc) is 2.01. The lowest BCUT2D eigenvalue weighted by molar-refractivity contribution is -0.139. The second-order valence-electron chi connectivity index (χ2n) is 2.38. The molecule has 5 N–H and O–H groups in total. The minimum atomic E-state index is -1.17. The minimum Gasteiger partial charge on any atom is -0.481 e. The Morgan fingerprint density at radius 2 is 1.77 bits per heavy atom. The quantitative estimate of drug-likeness (QED) is 0.459. The van der Waals surface area contributed by atoms with Crippen LogP contribution in [-0.2, 0) is 9.59 Å². The molecule has 6 nitrogen and oxygen atoms in total. The zero-order valence-corrected chi connectivity index (χ0v) is 7.78. The van der Waals surface area contributed by atoms with Crippen LogP contribution in [0.15, 0.2) is 0 Å². The van der Waals surface area contributed by atoms with Crippen molar-refractivity contribution in [2.45, 2.75) is 18.9 Å². The summed E-state index contributed by atoms with van der Waals surface area (Å²) in [5, 5.41) is 19.0. The van der Waals surface area contributed by atoms with Gasteiger partial charge < -0.3 is 21.3 Å². The highest BCUT2D eigenvalue weighted by molar-refractivity contribution is 5.74. The molecule has 6 heteroatoms. The number of carboxylic acid groups (broad SMARTS) is 2. The number of rotatable bonds is 4. The number of carboxylic acids is 2. The van der Waals surface area contributed by atoms with Crippen LogP contribution in [0, 0.1) is 0 Å². The van der Waals surface area contributed by atoms with Crippen LogP contribution >= 0.6 is 0 Å². The smallest absolute Gasteiger partial charge is 0.320 e. The van der Waals surface area contributed by atoms with E-state index in [0.29, 0.717) is 0 Å². The van der Waals surface area contributed by atoms with Gasteiger partial charge in [0.05, 0.1) is 0 Å². The topological polar surface area (TPSA) is 113 Å². The van der Waals surface area contributed by atoms with E-state index in [4.69, 9.17) is 15.9 Å². The van der Waals surface area contributed by atoms with Gasteiger partial charge in [-0.2, -0.15) is 0 Å². The van der Waals surface area contributed by atoms with Crippen LogP contribution in [0.3, 0.4) is 0 Å². The Morgan fingerprint density at radius 3 is 2.00 bits per heavy atom. The van der Waals surface area contributed by atoms with E-state index in [-0.39, 0.29) is 12.8 Å². The SMILES string of the molecule is CNC.N[C@@H](CCC(=O)O)C(=O)O. The molecule has 0 aromatic rings. The molecule has 0 amide bonds. The number of carbonyl (C=O) groups is 2. The molecule has 1 atom stereocenters. The molecule has 0 spiro atoms. The zero-order chi connectivity index (χ0) is 10.9. The maximum Gasteiger partial charge on any atom is 0.320 e. The molecule has 0 aliphatic rings. The summed E-state index contributed by atoms with van der Waals surface area (Å²) in [4.78, 5) is 19.9. The van der Waals surface area contributed by atoms with Crippen molar-refractivity contribution in [3.63, 3.8) is 0 Å². The summed E-state index contributed by atoms with van der Waals surface area (Å²) in [7, 11) is 3.75. The van der Waals surface area contributed by atoms with E-state index >= 15 is 0 Å². The second kappa shape index (κ2) is 8.95. The third-order valence-corrected chi connectivity index (χ3v) is 0.986. The van der Waals surface area contributed by atoms with Gasteiger partial charge in [-0.3, -0.25) is 9.59 Å². The molecule has 0 saturated carbocycles. The average molecular weight is 192 g/mol. The fourth-order valence-corrected chi connectivity index (χ4v) is 0.402. The summed E-state index contributed by atoms with van der Waals surface area (Å²) >= 11 is 0. The molecule has 0 bridgehead atoms. The van der Waals surface area contributed by atoms with Crippen molar-refractivity contribution < 1.29 is 19.8 Å². The van der Waals surface area contributed by atoms with Crippen molar-refractivity contribution in [1.82, 2.24) is 5.32 Å². The predicted octanol–water partition coefficient (Wildman–Crippen LogP) is -0.901. The van der Waals surface area contributed by atoms with Crippen molar-refractivity contribution in [1.29, 1.82) is 0 Å². The predicted molar refractivity (Wildman–Crippen MR) is 47.5 cm³/mol. The molecular formula is C7H16N2O4. The van der Waals surface area contributed by atoms with Crippen LogP contribution in [0.25, 0.3) is 0 Å². The summed E-state index contributed by atoms with van der Waals surface area (Å²) < 4.78 is 0. The highest BCUT2D eigenvalue weighted by atomic mass is 16.4. The summed E-state index contributed by atoms with van der Waals surface area (Å²) in [6.45, 7) is 0. The Balaban J connectivity index is 0. The largest absolute Gasteiger partial charge is 0.481 e. The first-order valence-electron chi connectivity index (χ1n) is 3.74. The number of nitrogens with two attached hydrogens (primary N) is 1. The maximum absolute atomic E-state index is 9.99. The van der Waals surface area contributed by atoms with Crippen molar-refractivity contribution in [2.75, 3.05) is 14.1 Å². The van der Waals surface area contributed by atoms with Gasteiger partial charge in [0.2, 0.25) is 0 Å². The van der Waals surface area contributed by atoms with Crippen molar-refractivity contribution in [3.8, 4) is 0 Å². The Bertz CT molecular complexity index is 161. The fraction of sp³-hybridized carbons (Fsp3) is 0.714.